The van der Waals surface area contributed by atoms with Crippen LogP contribution >= 0.6 is 0 Å². The summed E-state index contributed by atoms with van der Waals surface area (Å²) < 4.78 is 32.3. The molecule has 0 aromatic heterocycles. The zero-order valence-electron chi connectivity index (χ0n) is 16.8. The first-order valence-corrected chi connectivity index (χ1v) is 10.5. The van der Waals surface area contributed by atoms with Crippen molar-refractivity contribution in [3.8, 4) is 11.5 Å². The second-order valence-corrected chi connectivity index (χ2v) is 7.30. The van der Waals surface area contributed by atoms with E-state index in [0.717, 1.165) is 5.56 Å². The Morgan fingerprint density at radius 1 is 1.27 bits per heavy atom. The third kappa shape index (κ3) is 6.85. The normalized spacial score (nSPS) is 12.5. The van der Waals surface area contributed by atoms with Crippen LogP contribution in [0.2, 0.25) is 0 Å². The number of carbonyl (C=O) groups excluding carboxylic acids is 1. The van der Waals surface area contributed by atoms with Crippen molar-refractivity contribution in [2.75, 3.05) is 19.8 Å². The highest BCUT2D eigenvalue weighted by atomic mass is 32.2. The molecular formula is C20H24N4O5S. The van der Waals surface area contributed by atoms with E-state index in [4.69, 9.17) is 15.0 Å². The molecule has 160 valence electrons. The number of rotatable bonds is 11. The van der Waals surface area contributed by atoms with Gasteiger partial charge in [-0.25, -0.2) is 4.21 Å². The zero-order valence-corrected chi connectivity index (χ0v) is 17.6. The van der Waals surface area contributed by atoms with Gasteiger partial charge in [0.25, 0.3) is 0 Å². The monoisotopic (exact) mass is 432 g/mol. The highest BCUT2D eigenvalue weighted by molar-refractivity contribution is 7.79. The zero-order chi connectivity index (χ0) is 21.9. The summed E-state index contributed by atoms with van der Waals surface area (Å²) in [5.41, 5.74) is 9.08. The summed E-state index contributed by atoms with van der Waals surface area (Å²) in [7, 11) is 0. The number of nitrogens with zero attached hydrogens (tertiary/aromatic N) is 3. The van der Waals surface area contributed by atoms with Crippen LogP contribution in [-0.2, 0) is 17.5 Å². The quantitative estimate of drug-likeness (QED) is 0.183. The van der Waals surface area contributed by atoms with E-state index >= 15 is 0 Å². The van der Waals surface area contributed by atoms with Gasteiger partial charge >= 0.3 is 0 Å². The van der Waals surface area contributed by atoms with Crippen LogP contribution < -0.4 is 14.8 Å². The van der Waals surface area contributed by atoms with Gasteiger partial charge in [0.2, 0.25) is 5.91 Å². The molecule has 0 fully saturated rings. The Morgan fingerprint density at radius 2 is 1.97 bits per heavy atom. The largest absolute Gasteiger partial charge is 0.490 e. The number of ether oxygens (including phenoxy) is 2. The molecular weight excluding hydrogens is 408 g/mol. The molecule has 0 heterocycles. The highest BCUT2D eigenvalue weighted by Gasteiger charge is 2.16. The maximum absolute atomic E-state index is 11.8. The van der Waals surface area contributed by atoms with Crippen LogP contribution in [0, 0.1) is 0 Å². The van der Waals surface area contributed by atoms with Gasteiger partial charge in [-0.2, -0.15) is 0 Å². The predicted octanol–water partition coefficient (Wildman–Crippen LogP) is 3.72. The van der Waals surface area contributed by atoms with Gasteiger partial charge in [-0.15, -0.1) is 0 Å². The van der Waals surface area contributed by atoms with Gasteiger partial charge < -0.3 is 19.3 Å². The minimum Gasteiger partial charge on any atom is -0.490 e. The fraction of sp³-hybridized carbons (Fsp3) is 0.350. The van der Waals surface area contributed by atoms with Crippen LogP contribution in [0.4, 0.5) is 0 Å². The molecule has 30 heavy (non-hydrogen) atoms. The maximum atomic E-state index is 11.8. The lowest BCUT2D eigenvalue weighted by Crippen LogP contribution is -2.31. The summed E-state index contributed by atoms with van der Waals surface area (Å²) in [6, 6.07) is 12.1. The lowest BCUT2D eigenvalue weighted by Gasteiger charge is -2.16. The molecule has 2 aromatic rings. The molecule has 0 spiro atoms. The van der Waals surface area contributed by atoms with Gasteiger partial charge in [0.15, 0.2) is 22.6 Å². The molecule has 0 aliphatic carbocycles. The molecule has 9 nitrogen and oxygen atoms in total. The number of hydrogen-bond donors (Lipinski definition) is 2. The number of para-hydroxylation sites is 2. The van der Waals surface area contributed by atoms with E-state index < -0.39 is 17.0 Å². The number of benzene rings is 2. The SMILES string of the molecule is CCOc1ccccc1OCCN[C@H](C)Cc1ccc(C(=O)N=[N+]=[N-])c(S(=O)O)c1. The molecule has 2 N–H and O–H groups in total. The van der Waals surface area contributed by atoms with Gasteiger partial charge in [0, 0.05) is 23.1 Å². The topological polar surface area (TPSA) is 134 Å². The molecule has 2 atom stereocenters. The Hall–Kier alpha value is -2.91. The van der Waals surface area contributed by atoms with Crippen molar-refractivity contribution in [3.63, 3.8) is 0 Å². The maximum Gasteiger partial charge on any atom is 0.250 e. The van der Waals surface area contributed by atoms with Crippen molar-refractivity contribution in [1.82, 2.24) is 5.32 Å². The second-order valence-electron chi connectivity index (χ2n) is 6.36. The summed E-state index contributed by atoms with van der Waals surface area (Å²) in [4.78, 5) is 14.1. The Morgan fingerprint density at radius 3 is 2.60 bits per heavy atom. The van der Waals surface area contributed by atoms with E-state index in [9.17, 15) is 13.6 Å². The van der Waals surface area contributed by atoms with E-state index in [1.165, 1.54) is 12.1 Å². The number of carbonyl (C=O) groups is 1. The Balaban J connectivity index is 1.91. The van der Waals surface area contributed by atoms with Crippen molar-refractivity contribution in [2.45, 2.75) is 31.2 Å². The van der Waals surface area contributed by atoms with Crippen molar-refractivity contribution in [1.29, 1.82) is 0 Å². The fourth-order valence-corrected chi connectivity index (χ4v) is 3.44. The lowest BCUT2D eigenvalue weighted by atomic mass is 10.0. The minimum atomic E-state index is -2.38. The first-order valence-electron chi connectivity index (χ1n) is 9.37. The predicted molar refractivity (Wildman–Crippen MR) is 113 cm³/mol. The van der Waals surface area contributed by atoms with Crippen LogP contribution in [0.5, 0.6) is 11.5 Å². The molecule has 2 rings (SSSR count). The first kappa shape index (κ1) is 23.4. The molecule has 1 amide bonds. The van der Waals surface area contributed by atoms with Crippen LogP contribution in [0.25, 0.3) is 10.4 Å². The van der Waals surface area contributed by atoms with E-state index in [-0.39, 0.29) is 16.5 Å². The molecule has 0 saturated carbocycles. The standard InChI is InChI=1S/C20H24N4O5S/c1-3-28-17-6-4-5-7-18(17)29-11-10-22-14(2)12-15-8-9-16(20(25)23-24-21)19(13-15)30(26)27/h4-9,13-14,22H,3,10-12H2,1-2H3,(H,26,27)/t14-/m1/s1. The fourth-order valence-electron chi connectivity index (χ4n) is 2.85. The Bertz CT molecular complexity index is 947. The average Bonchev–Trinajstić information content (AvgIpc) is 2.72. The van der Waals surface area contributed by atoms with Crippen LogP contribution in [-0.4, -0.2) is 40.5 Å². The van der Waals surface area contributed by atoms with Gasteiger partial charge in [0.05, 0.1) is 11.5 Å². The second kappa shape index (κ2) is 11.9. The molecule has 0 saturated heterocycles. The summed E-state index contributed by atoms with van der Waals surface area (Å²) in [5, 5.41) is 6.30. The summed E-state index contributed by atoms with van der Waals surface area (Å²) >= 11 is -2.38. The van der Waals surface area contributed by atoms with Gasteiger partial charge in [-0.1, -0.05) is 18.2 Å². The van der Waals surface area contributed by atoms with E-state index in [1.807, 2.05) is 38.1 Å². The summed E-state index contributed by atoms with van der Waals surface area (Å²) in [6.45, 7) is 5.48. The van der Waals surface area contributed by atoms with Crippen molar-refractivity contribution >= 4 is 17.0 Å². The number of nitrogens with one attached hydrogen (secondary N) is 1. The van der Waals surface area contributed by atoms with Crippen molar-refractivity contribution in [2.24, 2.45) is 5.11 Å². The van der Waals surface area contributed by atoms with Crippen molar-refractivity contribution in [3.05, 3.63) is 64.0 Å². The van der Waals surface area contributed by atoms with Gasteiger partial charge in [-0.05, 0) is 60.7 Å². The lowest BCUT2D eigenvalue weighted by molar-refractivity contribution is 0.0997. The van der Waals surface area contributed by atoms with Gasteiger partial charge in [0.1, 0.15) is 6.61 Å². The van der Waals surface area contributed by atoms with E-state index in [1.54, 1.807) is 6.07 Å². The molecule has 0 aliphatic heterocycles. The van der Waals surface area contributed by atoms with Crippen LogP contribution in [0.1, 0.15) is 29.8 Å². The molecule has 1 unspecified atom stereocenters. The Labute approximate surface area is 177 Å². The number of hydrogen-bond acceptors (Lipinski definition) is 5. The third-order valence-electron chi connectivity index (χ3n) is 4.14. The first-order chi connectivity index (χ1) is 14.5. The molecule has 10 heteroatoms. The number of azide groups is 1. The third-order valence-corrected chi connectivity index (χ3v) is 4.86. The van der Waals surface area contributed by atoms with E-state index in [0.29, 0.717) is 37.7 Å². The summed E-state index contributed by atoms with van der Waals surface area (Å²) in [5.74, 6) is 0.495. The highest BCUT2D eigenvalue weighted by Crippen LogP contribution is 2.26. The van der Waals surface area contributed by atoms with Crippen LogP contribution in [0.3, 0.4) is 0 Å². The van der Waals surface area contributed by atoms with E-state index in [2.05, 4.69) is 15.3 Å². The van der Waals surface area contributed by atoms with Gasteiger partial charge in [-0.3, -0.25) is 4.79 Å². The van der Waals surface area contributed by atoms with Crippen molar-refractivity contribution < 1.29 is 23.0 Å². The summed E-state index contributed by atoms with van der Waals surface area (Å²) in [6.07, 6.45) is 0.565. The Kier molecular flexibility index (Phi) is 9.30. The van der Waals surface area contributed by atoms with Crippen LogP contribution in [0.15, 0.2) is 52.5 Å². The molecule has 0 radical (unpaired) electrons. The minimum absolute atomic E-state index is 0.0504. The average molecular weight is 433 g/mol. The molecule has 0 bridgehead atoms. The molecule has 2 aromatic carbocycles. The smallest absolute Gasteiger partial charge is 0.250 e. The number of amides is 1. The molecule has 0 aliphatic rings.